The van der Waals surface area contributed by atoms with E-state index in [2.05, 4.69) is 20.9 Å². The van der Waals surface area contributed by atoms with Crippen LogP contribution in [0.1, 0.15) is 51.5 Å². The van der Waals surface area contributed by atoms with Gasteiger partial charge in [0.2, 0.25) is 11.8 Å². The first-order chi connectivity index (χ1) is 18.0. The van der Waals surface area contributed by atoms with E-state index in [1.807, 2.05) is 56.3 Å². The number of aromatic nitrogens is 1. The minimum atomic E-state index is -0.884. The number of amides is 3. The molecule has 0 fully saturated rings. The van der Waals surface area contributed by atoms with Crippen LogP contribution < -0.4 is 21.7 Å². The van der Waals surface area contributed by atoms with Gasteiger partial charge < -0.3 is 26.4 Å². The Balaban J connectivity index is 1.84. The van der Waals surface area contributed by atoms with Crippen molar-refractivity contribution in [2.45, 2.75) is 71.7 Å². The SMILES string of the molecule is CC[C@@H](C)C(NC(=O)OC(C)(C)C)C(=O)N[C@@H](Cc1cccc2ccccc12)C(=O)NCc1cnc(N)s1. The van der Waals surface area contributed by atoms with E-state index < -0.39 is 29.7 Å². The van der Waals surface area contributed by atoms with Crippen molar-refractivity contribution in [2.24, 2.45) is 5.92 Å². The van der Waals surface area contributed by atoms with E-state index in [9.17, 15) is 14.4 Å². The maximum atomic E-state index is 13.5. The van der Waals surface area contributed by atoms with Gasteiger partial charge >= 0.3 is 6.09 Å². The van der Waals surface area contributed by atoms with Gasteiger partial charge in [-0.1, -0.05) is 62.7 Å². The molecule has 3 atom stereocenters. The smallest absolute Gasteiger partial charge is 0.408 e. The van der Waals surface area contributed by atoms with Crippen molar-refractivity contribution in [3.63, 3.8) is 0 Å². The van der Waals surface area contributed by atoms with E-state index >= 15 is 0 Å². The number of benzene rings is 2. The third-order valence-corrected chi connectivity index (χ3v) is 6.94. The third-order valence-electron chi connectivity index (χ3n) is 6.11. The molecule has 0 saturated carbocycles. The molecule has 1 aromatic heterocycles. The van der Waals surface area contributed by atoms with Gasteiger partial charge in [-0.2, -0.15) is 0 Å². The Morgan fingerprint density at radius 2 is 1.76 bits per heavy atom. The normalized spacial score (nSPS) is 13.8. The summed E-state index contributed by atoms with van der Waals surface area (Å²) < 4.78 is 5.37. The zero-order chi connectivity index (χ0) is 27.9. The molecule has 38 heavy (non-hydrogen) atoms. The molecule has 3 aromatic rings. The lowest BCUT2D eigenvalue weighted by atomic mass is 9.96. The number of nitrogen functional groups attached to an aromatic ring is 1. The van der Waals surface area contributed by atoms with Gasteiger partial charge in [0.1, 0.15) is 17.7 Å². The molecule has 3 rings (SSSR count). The Morgan fingerprint density at radius 3 is 2.42 bits per heavy atom. The fourth-order valence-corrected chi connectivity index (χ4v) is 4.62. The molecule has 0 bridgehead atoms. The highest BCUT2D eigenvalue weighted by atomic mass is 32.1. The molecule has 0 saturated heterocycles. The molecule has 0 aliphatic rings. The summed E-state index contributed by atoms with van der Waals surface area (Å²) in [4.78, 5) is 44.2. The van der Waals surface area contributed by atoms with E-state index in [0.29, 0.717) is 11.6 Å². The van der Waals surface area contributed by atoms with Gasteiger partial charge in [-0.3, -0.25) is 9.59 Å². The monoisotopic (exact) mass is 539 g/mol. The molecule has 1 heterocycles. The second-order valence-corrected chi connectivity index (χ2v) is 11.4. The van der Waals surface area contributed by atoms with Crippen molar-refractivity contribution < 1.29 is 19.1 Å². The lowest BCUT2D eigenvalue weighted by Gasteiger charge is -2.28. The number of anilines is 1. The first-order valence-corrected chi connectivity index (χ1v) is 13.5. The maximum absolute atomic E-state index is 13.5. The number of rotatable bonds is 10. The van der Waals surface area contributed by atoms with Crippen LogP contribution in [0.4, 0.5) is 9.93 Å². The van der Waals surface area contributed by atoms with Crippen LogP contribution >= 0.6 is 11.3 Å². The quantitative estimate of drug-likeness (QED) is 0.306. The summed E-state index contributed by atoms with van der Waals surface area (Å²) in [6.45, 7) is 9.31. The molecule has 5 N–H and O–H groups in total. The largest absolute Gasteiger partial charge is 0.444 e. The Hall–Kier alpha value is -3.66. The van der Waals surface area contributed by atoms with Crippen LogP contribution in [0.25, 0.3) is 10.8 Å². The van der Waals surface area contributed by atoms with Crippen LogP contribution in [0.5, 0.6) is 0 Å². The molecule has 204 valence electrons. The first kappa shape index (κ1) is 28.9. The second-order valence-electron chi connectivity index (χ2n) is 10.3. The number of fused-ring (bicyclic) bond motifs is 1. The van der Waals surface area contributed by atoms with Gasteiger partial charge in [-0.25, -0.2) is 9.78 Å². The number of carbonyl (C=O) groups is 3. The molecular formula is C28H37N5O4S. The van der Waals surface area contributed by atoms with Gasteiger partial charge in [0.25, 0.3) is 0 Å². The molecule has 2 aromatic carbocycles. The van der Waals surface area contributed by atoms with Crippen molar-refractivity contribution in [2.75, 3.05) is 5.73 Å². The highest BCUT2D eigenvalue weighted by Crippen LogP contribution is 2.21. The van der Waals surface area contributed by atoms with E-state index in [1.54, 1.807) is 27.0 Å². The molecule has 1 unspecified atom stereocenters. The Labute approximate surface area is 227 Å². The number of nitrogens with one attached hydrogen (secondary N) is 3. The summed E-state index contributed by atoms with van der Waals surface area (Å²) >= 11 is 1.29. The number of thiazole rings is 1. The molecule has 0 aliphatic carbocycles. The zero-order valence-electron chi connectivity index (χ0n) is 22.5. The van der Waals surface area contributed by atoms with Crippen molar-refractivity contribution >= 4 is 45.1 Å². The van der Waals surface area contributed by atoms with Gasteiger partial charge in [-0.05, 0) is 43.0 Å². The number of hydrogen-bond donors (Lipinski definition) is 4. The Bertz CT molecular complexity index is 1260. The van der Waals surface area contributed by atoms with Gasteiger partial charge in [0.15, 0.2) is 5.13 Å². The van der Waals surface area contributed by atoms with Crippen LogP contribution in [0.2, 0.25) is 0 Å². The van der Waals surface area contributed by atoms with Crippen LogP contribution in [-0.4, -0.2) is 40.6 Å². The number of alkyl carbamates (subject to hydrolysis) is 1. The average molecular weight is 540 g/mol. The zero-order valence-corrected chi connectivity index (χ0v) is 23.4. The summed E-state index contributed by atoms with van der Waals surface area (Å²) in [7, 11) is 0. The van der Waals surface area contributed by atoms with Crippen LogP contribution in [0, 0.1) is 5.92 Å². The highest BCUT2D eigenvalue weighted by molar-refractivity contribution is 7.15. The predicted molar refractivity (Wildman–Crippen MR) is 151 cm³/mol. The van der Waals surface area contributed by atoms with E-state index in [4.69, 9.17) is 10.5 Å². The van der Waals surface area contributed by atoms with Crippen LogP contribution in [0.3, 0.4) is 0 Å². The number of ether oxygens (including phenoxy) is 1. The summed E-state index contributed by atoms with van der Waals surface area (Å²) in [6.07, 6.45) is 1.84. The van der Waals surface area contributed by atoms with Crippen molar-refractivity contribution in [3.05, 3.63) is 59.1 Å². The fraction of sp³-hybridized carbons (Fsp3) is 0.429. The average Bonchev–Trinajstić information content (AvgIpc) is 3.29. The fourth-order valence-electron chi connectivity index (χ4n) is 4.00. The van der Waals surface area contributed by atoms with Crippen molar-refractivity contribution in [1.82, 2.24) is 20.9 Å². The van der Waals surface area contributed by atoms with E-state index in [1.165, 1.54) is 11.3 Å². The maximum Gasteiger partial charge on any atom is 0.408 e. The molecule has 10 heteroatoms. The summed E-state index contributed by atoms with van der Waals surface area (Å²) in [5, 5.41) is 10.9. The van der Waals surface area contributed by atoms with Crippen LogP contribution in [0.15, 0.2) is 48.7 Å². The third kappa shape index (κ3) is 8.17. The molecular weight excluding hydrogens is 502 g/mol. The number of nitrogens with zero attached hydrogens (tertiary/aromatic N) is 1. The first-order valence-electron chi connectivity index (χ1n) is 12.7. The lowest BCUT2D eigenvalue weighted by Crippen LogP contribution is -2.56. The standard InChI is InChI=1S/C28H37N5O4S/c1-6-17(2)23(33-27(36)37-28(3,4)5)25(35)32-22(24(34)30-15-20-16-31-26(29)38-20)14-19-12-9-11-18-10-7-8-13-21(18)19/h7-13,16-17,22-23H,6,14-15H2,1-5H3,(H2,29,31)(H,30,34)(H,32,35)(H,33,36)/t17-,22+,23?/m1/s1. The minimum Gasteiger partial charge on any atom is -0.444 e. The lowest BCUT2D eigenvalue weighted by molar-refractivity contribution is -0.130. The van der Waals surface area contributed by atoms with Crippen molar-refractivity contribution in [3.8, 4) is 0 Å². The number of carbonyl (C=O) groups excluding carboxylic acids is 3. The number of nitrogens with two attached hydrogens (primary N) is 1. The van der Waals surface area contributed by atoms with E-state index in [-0.39, 0.29) is 24.8 Å². The highest BCUT2D eigenvalue weighted by Gasteiger charge is 2.31. The topological polar surface area (TPSA) is 135 Å². The Kier molecular flexibility index (Phi) is 9.68. The van der Waals surface area contributed by atoms with E-state index in [0.717, 1.165) is 21.2 Å². The summed E-state index contributed by atoms with van der Waals surface area (Å²) in [5.41, 5.74) is 5.92. The molecule has 0 radical (unpaired) electrons. The van der Waals surface area contributed by atoms with Crippen molar-refractivity contribution in [1.29, 1.82) is 0 Å². The van der Waals surface area contributed by atoms with Gasteiger partial charge in [-0.15, -0.1) is 11.3 Å². The van der Waals surface area contributed by atoms with Crippen LogP contribution in [-0.2, 0) is 27.3 Å². The Morgan fingerprint density at radius 1 is 1.05 bits per heavy atom. The van der Waals surface area contributed by atoms with Gasteiger partial charge in [0.05, 0.1) is 6.54 Å². The molecule has 0 spiro atoms. The minimum absolute atomic E-state index is 0.191. The summed E-state index contributed by atoms with van der Waals surface area (Å²) in [6, 6.07) is 12.0. The predicted octanol–water partition coefficient (Wildman–Crippen LogP) is 4.16. The molecule has 9 nitrogen and oxygen atoms in total. The van der Waals surface area contributed by atoms with Gasteiger partial charge in [0, 0.05) is 17.5 Å². The molecule has 0 aliphatic heterocycles. The summed E-state index contributed by atoms with van der Waals surface area (Å²) in [5.74, 6) is -0.991. The second kappa shape index (κ2) is 12.7. The molecule has 3 amide bonds. The number of hydrogen-bond acceptors (Lipinski definition) is 7.